The van der Waals surface area contributed by atoms with Crippen LogP contribution in [0.25, 0.3) is 11.8 Å². The Bertz CT molecular complexity index is 782. The molecule has 1 saturated carbocycles. The smallest absolute Gasteiger partial charge is 0.330 e. The fraction of sp³-hybridized carbons (Fsp3) is 0.333. The topological polar surface area (TPSA) is 44.1 Å². The van der Waals surface area contributed by atoms with E-state index in [1.54, 1.807) is 6.08 Å². The lowest BCUT2D eigenvalue weighted by molar-refractivity contribution is -0.138. The number of aryl methyl sites for hydroxylation is 1. The zero-order chi connectivity index (χ0) is 17.3. The van der Waals surface area contributed by atoms with Crippen LogP contribution in [0.2, 0.25) is 0 Å². The summed E-state index contributed by atoms with van der Waals surface area (Å²) >= 11 is 11.8. The third kappa shape index (κ3) is 3.65. The van der Waals surface area contributed by atoms with E-state index in [1.165, 1.54) is 6.08 Å². The van der Waals surface area contributed by atoms with Crippen molar-refractivity contribution in [3.8, 4) is 5.69 Å². The number of nitrogens with zero attached hydrogens (tertiary/aromatic N) is 2. The lowest BCUT2D eigenvalue weighted by Gasteiger charge is -2.03. The zero-order valence-corrected chi connectivity index (χ0v) is 15.0. The summed E-state index contributed by atoms with van der Waals surface area (Å²) in [5.74, 6) is -0.375. The molecule has 1 atom stereocenters. The first-order valence-corrected chi connectivity index (χ1v) is 8.48. The van der Waals surface area contributed by atoms with E-state index in [-0.39, 0.29) is 12.5 Å². The third-order valence-corrected chi connectivity index (χ3v) is 5.04. The molecule has 1 heterocycles. The SMILES string of the molecule is Cc1nn(-c2ccccc2)c(C)c1/C=C/C(=O)OC[C@@H]1CC1(Cl)Cl. The minimum atomic E-state index is -0.728. The standard InChI is InChI=1S/C18H18Cl2N2O2/c1-12-16(8-9-17(23)24-11-14-10-18(14,19)20)13(2)22(21-12)15-6-4-3-5-7-15/h3-9,14H,10-11H2,1-2H3/b9-8+/t14-/m0/s1. The Kier molecular flexibility index (Phi) is 4.70. The van der Waals surface area contributed by atoms with Gasteiger partial charge in [0.1, 0.15) is 4.33 Å². The van der Waals surface area contributed by atoms with Crippen molar-refractivity contribution in [3.05, 3.63) is 53.4 Å². The van der Waals surface area contributed by atoms with Crippen LogP contribution in [-0.4, -0.2) is 26.7 Å². The molecule has 4 nitrogen and oxygen atoms in total. The minimum absolute atomic E-state index is 0.0301. The number of carbonyl (C=O) groups is 1. The number of halogens is 2. The molecule has 6 heteroatoms. The number of hydrogen-bond acceptors (Lipinski definition) is 3. The van der Waals surface area contributed by atoms with Crippen LogP contribution < -0.4 is 0 Å². The number of benzene rings is 1. The normalized spacial score (nSPS) is 18.8. The van der Waals surface area contributed by atoms with Crippen LogP contribution in [0, 0.1) is 19.8 Å². The van der Waals surface area contributed by atoms with Crippen molar-refractivity contribution < 1.29 is 9.53 Å². The molecule has 0 spiro atoms. The lowest BCUT2D eigenvalue weighted by atomic mass is 10.2. The second-order valence-electron chi connectivity index (χ2n) is 5.96. The molecule has 0 N–H and O–H groups in total. The van der Waals surface area contributed by atoms with Crippen molar-refractivity contribution in [1.82, 2.24) is 9.78 Å². The molecule has 0 unspecified atom stereocenters. The second-order valence-corrected chi connectivity index (χ2v) is 7.50. The molecule has 0 amide bonds. The highest BCUT2D eigenvalue weighted by molar-refractivity contribution is 6.50. The van der Waals surface area contributed by atoms with E-state index in [4.69, 9.17) is 27.9 Å². The van der Waals surface area contributed by atoms with Crippen LogP contribution in [0.3, 0.4) is 0 Å². The summed E-state index contributed by atoms with van der Waals surface area (Å²) in [6, 6.07) is 9.86. The molecule has 1 aliphatic carbocycles. The van der Waals surface area contributed by atoms with E-state index in [1.807, 2.05) is 48.9 Å². The van der Waals surface area contributed by atoms with Gasteiger partial charge in [-0.15, -0.1) is 23.2 Å². The first-order valence-electron chi connectivity index (χ1n) is 7.73. The molecule has 1 aliphatic rings. The van der Waals surface area contributed by atoms with Gasteiger partial charge in [-0.25, -0.2) is 9.48 Å². The third-order valence-electron chi connectivity index (χ3n) is 4.12. The van der Waals surface area contributed by atoms with Gasteiger partial charge in [0.15, 0.2) is 0 Å². The zero-order valence-electron chi connectivity index (χ0n) is 13.5. The first-order chi connectivity index (χ1) is 11.4. The van der Waals surface area contributed by atoms with E-state index in [0.717, 1.165) is 22.6 Å². The predicted molar refractivity (Wildman–Crippen MR) is 95.6 cm³/mol. The molecule has 126 valence electrons. The molecule has 24 heavy (non-hydrogen) atoms. The number of aromatic nitrogens is 2. The van der Waals surface area contributed by atoms with Crippen molar-refractivity contribution in [2.75, 3.05) is 6.61 Å². The highest BCUT2D eigenvalue weighted by Gasteiger charge is 2.52. The molecular formula is C18H18Cl2N2O2. The average molecular weight is 365 g/mol. The van der Waals surface area contributed by atoms with Crippen molar-refractivity contribution >= 4 is 35.2 Å². The van der Waals surface area contributed by atoms with Crippen LogP contribution in [0.1, 0.15) is 23.4 Å². The van der Waals surface area contributed by atoms with E-state index in [2.05, 4.69) is 5.10 Å². The molecule has 3 rings (SSSR count). The fourth-order valence-electron chi connectivity index (χ4n) is 2.55. The quantitative estimate of drug-likeness (QED) is 0.452. The van der Waals surface area contributed by atoms with Gasteiger partial charge in [-0.05, 0) is 38.5 Å². The number of carbonyl (C=O) groups excluding carboxylic acids is 1. The monoisotopic (exact) mass is 364 g/mol. The first kappa shape index (κ1) is 17.1. The molecule has 0 aliphatic heterocycles. The molecule has 1 aromatic carbocycles. The van der Waals surface area contributed by atoms with Crippen molar-refractivity contribution in [1.29, 1.82) is 0 Å². The van der Waals surface area contributed by atoms with Gasteiger partial charge in [-0.1, -0.05) is 18.2 Å². The number of ether oxygens (including phenoxy) is 1. The Morgan fingerprint density at radius 3 is 2.67 bits per heavy atom. The van der Waals surface area contributed by atoms with Gasteiger partial charge in [-0.3, -0.25) is 0 Å². The number of esters is 1. The Morgan fingerprint density at radius 1 is 1.38 bits per heavy atom. The highest BCUT2D eigenvalue weighted by atomic mass is 35.5. The van der Waals surface area contributed by atoms with Crippen LogP contribution in [-0.2, 0) is 9.53 Å². The average Bonchev–Trinajstić information content (AvgIpc) is 3.07. The van der Waals surface area contributed by atoms with Crippen LogP contribution in [0.15, 0.2) is 36.4 Å². The molecule has 0 bridgehead atoms. The maximum atomic E-state index is 11.8. The maximum absolute atomic E-state index is 11.8. The summed E-state index contributed by atoms with van der Waals surface area (Å²) in [6.07, 6.45) is 3.81. The summed E-state index contributed by atoms with van der Waals surface area (Å²) in [7, 11) is 0. The highest BCUT2D eigenvalue weighted by Crippen LogP contribution is 2.53. The van der Waals surface area contributed by atoms with Gasteiger partial charge in [0.05, 0.1) is 18.0 Å². The van der Waals surface area contributed by atoms with Crippen molar-refractivity contribution in [3.63, 3.8) is 0 Å². The fourth-order valence-corrected chi connectivity index (χ4v) is 3.05. The minimum Gasteiger partial charge on any atom is -0.462 e. The second kappa shape index (κ2) is 6.61. The number of alkyl halides is 2. The molecule has 1 aromatic heterocycles. The van der Waals surface area contributed by atoms with Crippen molar-refractivity contribution in [2.45, 2.75) is 24.6 Å². The number of para-hydroxylation sites is 1. The molecule has 2 aromatic rings. The van der Waals surface area contributed by atoms with Crippen LogP contribution >= 0.6 is 23.2 Å². The summed E-state index contributed by atoms with van der Waals surface area (Å²) < 4.78 is 6.31. The Morgan fingerprint density at radius 2 is 2.04 bits per heavy atom. The van der Waals surface area contributed by atoms with Crippen LogP contribution in [0.4, 0.5) is 0 Å². The Hall–Kier alpha value is -1.78. The van der Waals surface area contributed by atoms with Gasteiger partial charge < -0.3 is 4.74 Å². The lowest BCUT2D eigenvalue weighted by Crippen LogP contribution is -2.06. The summed E-state index contributed by atoms with van der Waals surface area (Å²) in [5.41, 5.74) is 3.70. The van der Waals surface area contributed by atoms with E-state index < -0.39 is 10.3 Å². The molecular weight excluding hydrogens is 347 g/mol. The molecule has 1 fully saturated rings. The van der Waals surface area contributed by atoms with E-state index >= 15 is 0 Å². The molecule has 0 radical (unpaired) electrons. The maximum Gasteiger partial charge on any atom is 0.330 e. The van der Waals surface area contributed by atoms with Gasteiger partial charge in [0, 0.05) is 23.3 Å². The van der Waals surface area contributed by atoms with Crippen molar-refractivity contribution in [2.24, 2.45) is 5.92 Å². The summed E-state index contributed by atoms with van der Waals surface area (Å²) in [4.78, 5) is 11.8. The predicted octanol–water partition coefficient (Wildman–Crippen LogP) is 4.24. The van der Waals surface area contributed by atoms with E-state index in [0.29, 0.717) is 6.42 Å². The van der Waals surface area contributed by atoms with Gasteiger partial charge in [0.2, 0.25) is 0 Å². The largest absolute Gasteiger partial charge is 0.462 e. The van der Waals surface area contributed by atoms with Gasteiger partial charge in [0.25, 0.3) is 0 Å². The summed E-state index contributed by atoms with van der Waals surface area (Å²) in [6.45, 7) is 4.13. The van der Waals surface area contributed by atoms with Gasteiger partial charge >= 0.3 is 5.97 Å². The molecule has 0 saturated heterocycles. The summed E-state index contributed by atoms with van der Waals surface area (Å²) in [5, 5.41) is 4.54. The number of rotatable bonds is 5. The Balaban J connectivity index is 1.69. The van der Waals surface area contributed by atoms with Gasteiger partial charge in [-0.2, -0.15) is 5.10 Å². The van der Waals surface area contributed by atoms with E-state index in [9.17, 15) is 4.79 Å². The number of hydrogen-bond donors (Lipinski definition) is 0. The Labute approximate surface area is 151 Å². The van der Waals surface area contributed by atoms with Crippen LogP contribution in [0.5, 0.6) is 0 Å².